The minimum Gasteiger partial charge on any atom is -0.228 e. The first-order valence-electron chi connectivity index (χ1n) is 10.4. The fraction of sp³-hybridized carbons (Fsp3) is 0.609. The van der Waals surface area contributed by atoms with Crippen LogP contribution >= 0.6 is 0 Å². The summed E-state index contributed by atoms with van der Waals surface area (Å²) in [5.74, 6) is 2.21. The van der Waals surface area contributed by atoms with E-state index < -0.39 is 0 Å². The molecule has 2 aliphatic rings. The smallest absolute Gasteiger partial charge is 0.228 e. The third-order valence-electron chi connectivity index (χ3n) is 6.68. The van der Waals surface area contributed by atoms with E-state index in [1.807, 2.05) is 0 Å². The van der Waals surface area contributed by atoms with Crippen LogP contribution in [0.25, 0.3) is 5.69 Å². The summed E-state index contributed by atoms with van der Waals surface area (Å²) in [6.45, 7) is 6.97. The molecule has 1 heterocycles. The molecule has 134 valence electrons. The molecule has 1 aromatic heterocycles. The maximum atomic E-state index is 2.77. The summed E-state index contributed by atoms with van der Waals surface area (Å²) in [5, 5.41) is 0. The average Bonchev–Trinajstić information content (AvgIpc) is 3.23. The lowest BCUT2D eigenvalue weighted by Crippen LogP contribution is -2.46. The van der Waals surface area contributed by atoms with Crippen LogP contribution in [0.15, 0.2) is 24.3 Å². The van der Waals surface area contributed by atoms with Gasteiger partial charge in [-0.2, -0.15) is 4.57 Å². The number of benzene rings is 1. The van der Waals surface area contributed by atoms with Gasteiger partial charge in [0.15, 0.2) is 0 Å². The minimum absolute atomic E-state index is 0.716. The molecule has 1 aromatic carbocycles. The highest BCUT2D eigenvalue weighted by Gasteiger charge is 2.37. The van der Waals surface area contributed by atoms with E-state index in [9.17, 15) is 0 Å². The SMILES string of the molecule is Cc1ccccc1-n1c(C)c(C2CCCC2)[n+](C2CCCCC2)c1C. The van der Waals surface area contributed by atoms with Crippen molar-refractivity contribution >= 4 is 0 Å². The van der Waals surface area contributed by atoms with Crippen molar-refractivity contribution in [1.29, 1.82) is 0 Å². The zero-order valence-electron chi connectivity index (χ0n) is 16.2. The molecule has 0 aliphatic heterocycles. The van der Waals surface area contributed by atoms with Gasteiger partial charge in [0, 0.05) is 19.8 Å². The molecule has 2 saturated carbocycles. The highest BCUT2D eigenvalue weighted by Crippen LogP contribution is 2.37. The highest BCUT2D eigenvalue weighted by molar-refractivity contribution is 5.43. The number of aromatic nitrogens is 2. The Morgan fingerprint density at radius 3 is 2.16 bits per heavy atom. The van der Waals surface area contributed by atoms with Gasteiger partial charge >= 0.3 is 0 Å². The van der Waals surface area contributed by atoms with Gasteiger partial charge in [-0.1, -0.05) is 37.5 Å². The molecular weight excluding hydrogens is 304 g/mol. The zero-order chi connectivity index (χ0) is 17.4. The molecule has 0 saturated heterocycles. The predicted octanol–water partition coefficient (Wildman–Crippen LogP) is 5.85. The molecule has 0 atom stereocenters. The van der Waals surface area contributed by atoms with E-state index in [-0.39, 0.29) is 0 Å². The molecule has 0 spiro atoms. The summed E-state index contributed by atoms with van der Waals surface area (Å²) in [5.41, 5.74) is 5.89. The molecule has 0 unspecified atom stereocenters. The molecule has 2 nitrogen and oxygen atoms in total. The first-order chi connectivity index (χ1) is 12.2. The Bertz CT molecular complexity index is 744. The van der Waals surface area contributed by atoms with Crippen LogP contribution in [0, 0.1) is 20.8 Å². The molecule has 0 N–H and O–H groups in total. The lowest BCUT2D eigenvalue weighted by molar-refractivity contribution is -0.738. The molecule has 0 bridgehead atoms. The Labute approximate surface area is 152 Å². The lowest BCUT2D eigenvalue weighted by atomic mass is 9.93. The zero-order valence-corrected chi connectivity index (χ0v) is 16.2. The molecule has 25 heavy (non-hydrogen) atoms. The maximum absolute atomic E-state index is 2.77. The van der Waals surface area contributed by atoms with Crippen LogP contribution in [0.5, 0.6) is 0 Å². The molecule has 4 rings (SSSR count). The van der Waals surface area contributed by atoms with E-state index in [1.165, 1.54) is 80.6 Å². The van der Waals surface area contributed by atoms with Gasteiger partial charge in [-0.15, -0.1) is 0 Å². The van der Waals surface area contributed by atoms with E-state index in [0.717, 1.165) is 5.92 Å². The average molecular weight is 338 g/mol. The summed E-state index contributed by atoms with van der Waals surface area (Å²) < 4.78 is 5.33. The summed E-state index contributed by atoms with van der Waals surface area (Å²) in [4.78, 5) is 0. The van der Waals surface area contributed by atoms with E-state index >= 15 is 0 Å². The van der Waals surface area contributed by atoms with Crippen LogP contribution in [0.4, 0.5) is 0 Å². The van der Waals surface area contributed by atoms with Gasteiger partial charge < -0.3 is 0 Å². The summed E-state index contributed by atoms with van der Waals surface area (Å²) >= 11 is 0. The van der Waals surface area contributed by atoms with E-state index in [4.69, 9.17) is 0 Å². The van der Waals surface area contributed by atoms with Crippen molar-refractivity contribution in [3.63, 3.8) is 0 Å². The van der Waals surface area contributed by atoms with Crippen molar-refractivity contribution in [3.8, 4) is 5.69 Å². The van der Waals surface area contributed by atoms with Crippen LogP contribution < -0.4 is 4.57 Å². The second kappa shape index (κ2) is 6.97. The Morgan fingerprint density at radius 2 is 1.48 bits per heavy atom. The summed E-state index contributed by atoms with van der Waals surface area (Å²) in [6.07, 6.45) is 12.5. The molecule has 2 aromatic rings. The van der Waals surface area contributed by atoms with Crippen LogP contribution in [0.2, 0.25) is 0 Å². The van der Waals surface area contributed by atoms with Crippen molar-refractivity contribution < 1.29 is 4.57 Å². The third kappa shape index (κ3) is 2.94. The third-order valence-corrected chi connectivity index (χ3v) is 6.68. The fourth-order valence-electron chi connectivity index (χ4n) is 5.47. The fourth-order valence-corrected chi connectivity index (χ4v) is 5.47. The van der Waals surface area contributed by atoms with E-state index in [2.05, 4.69) is 54.2 Å². The normalized spacial score (nSPS) is 19.6. The number of imidazole rings is 1. The second-order valence-corrected chi connectivity index (χ2v) is 8.28. The Hall–Kier alpha value is -1.57. The van der Waals surface area contributed by atoms with Crippen LogP contribution in [-0.4, -0.2) is 4.57 Å². The molecule has 2 fully saturated rings. The van der Waals surface area contributed by atoms with Gasteiger partial charge in [0.05, 0.1) is 0 Å². The number of hydrogen-bond donors (Lipinski definition) is 0. The Balaban J connectivity index is 1.89. The van der Waals surface area contributed by atoms with E-state index in [1.54, 1.807) is 5.69 Å². The van der Waals surface area contributed by atoms with Crippen molar-refractivity contribution in [1.82, 2.24) is 4.57 Å². The largest absolute Gasteiger partial charge is 0.259 e. The Kier molecular flexibility index (Phi) is 4.71. The summed E-state index contributed by atoms with van der Waals surface area (Å²) in [6, 6.07) is 9.59. The maximum Gasteiger partial charge on any atom is 0.259 e. The first kappa shape index (κ1) is 16.9. The standard InChI is InChI=1S/C23H33N2/c1-17-11-7-10-16-22(17)24-18(2)23(20-12-8-9-13-20)25(19(24)3)21-14-5-4-6-15-21/h7,10-11,16,20-21H,4-6,8-9,12-15H2,1-3H3/q+1. The van der Waals surface area contributed by atoms with Gasteiger partial charge in [-0.3, -0.25) is 0 Å². The molecule has 2 aliphatic carbocycles. The topological polar surface area (TPSA) is 8.81 Å². The Morgan fingerprint density at radius 1 is 0.840 bits per heavy atom. The van der Waals surface area contributed by atoms with Crippen molar-refractivity contribution in [2.24, 2.45) is 0 Å². The summed E-state index contributed by atoms with van der Waals surface area (Å²) in [7, 11) is 0. The quantitative estimate of drug-likeness (QED) is 0.621. The monoisotopic (exact) mass is 337 g/mol. The number of rotatable bonds is 3. The van der Waals surface area contributed by atoms with Gasteiger partial charge in [0.25, 0.3) is 5.82 Å². The van der Waals surface area contributed by atoms with Gasteiger partial charge in [0.2, 0.25) is 0 Å². The number of para-hydroxylation sites is 1. The minimum atomic E-state index is 0.716. The van der Waals surface area contributed by atoms with Gasteiger partial charge in [0.1, 0.15) is 23.1 Å². The van der Waals surface area contributed by atoms with Crippen LogP contribution in [0.3, 0.4) is 0 Å². The number of aryl methyl sites for hydroxylation is 1. The number of nitrogens with zero attached hydrogens (tertiary/aromatic N) is 2. The first-order valence-corrected chi connectivity index (χ1v) is 10.4. The van der Waals surface area contributed by atoms with Crippen LogP contribution in [0.1, 0.15) is 92.5 Å². The molecule has 2 heteroatoms. The van der Waals surface area contributed by atoms with Gasteiger partial charge in [-0.25, -0.2) is 4.57 Å². The van der Waals surface area contributed by atoms with Crippen LogP contribution in [-0.2, 0) is 0 Å². The molecule has 0 amide bonds. The predicted molar refractivity (Wildman–Crippen MR) is 104 cm³/mol. The molecule has 0 radical (unpaired) electrons. The van der Waals surface area contributed by atoms with Gasteiger partial charge in [-0.05, 0) is 57.1 Å². The lowest BCUT2D eigenvalue weighted by Gasteiger charge is -2.22. The molecular formula is C23H33N2+. The van der Waals surface area contributed by atoms with Crippen molar-refractivity contribution in [2.75, 3.05) is 0 Å². The number of hydrogen-bond acceptors (Lipinski definition) is 0. The van der Waals surface area contributed by atoms with Crippen molar-refractivity contribution in [2.45, 2.75) is 90.5 Å². The second-order valence-electron chi connectivity index (χ2n) is 8.28. The van der Waals surface area contributed by atoms with Crippen molar-refractivity contribution in [3.05, 3.63) is 47.0 Å². The highest BCUT2D eigenvalue weighted by atomic mass is 15.2. The van der Waals surface area contributed by atoms with E-state index in [0.29, 0.717) is 6.04 Å².